The monoisotopic (exact) mass is 354 g/mol. The van der Waals surface area contributed by atoms with Crippen molar-refractivity contribution in [3.05, 3.63) is 51.5 Å². The van der Waals surface area contributed by atoms with Crippen LogP contribution < -0.4 is 15.8 Å². The van der Waals surface area contributed by atoms with Gasteiger partial charge in [0.1, 0.15) is 5.75 Å². The third kappa shape index (κ3) is 3.23. The number of hydrogen-bond acceptors (Lipinski definition) is 3. The van der Waals surface area contributed by atoms with Crippen LogP contribution in [-0.2, 0) is 0 Å². The Bertz CT molecular complexity index is 662. The first kappa shape index (κ1) is 14.7. The molecular weight excluding hydrogens is 344 g/mol. The summed E-state index contributed by atoms with van der Waals surface area (Å²) >= 11 is 9.27. The summed E-state index contributed by atoms with van der Waals surface area (Å²) in [5, 5.41) is 3.28. The van der Waals surface area contributed by atoms with E-state index in [9.17, 15) is 4.79 Å². The van der Waals surface area contributed by atoms with Crippen molar-refractivity contribution in [3.8, 4) is 5.75 Å². The van der Waals surface area contributed by atoms with E-state index in [2.05, 4.69) is 21.2 Å². The molecule has 0 aliphatic heterocycles. The Labute approximate surface area is 130 Å². The van der Waals surface area contributed by atoms with Crippen molar-refractivity contribution in [3.63, 3.8) is 0 Å². The molecule has 6 heteroatoms. The van der Waals surface area contributed by atoms with E-state index < -0.39 is 0 Å². The molecule has 0 unspecified atom stereocenters. The molecule has 20 heavy (non-hydrogen) atoms. The van der Waals surface area contributed by atoms with Gasteiger partial charge >= 0.3 is 0 Å². The molecule has 2 aromatic rings. The van der Waals surface area contributed by atoms with Crippen LogP contribution in [0.15, 0.2) is 40.9 Å². The molecule has 2 aromatic carbocycles. The molecule has 0 bridgehead atoms. The van der Waals surface area contributed by atoms with E-state index in [4.69, 9.17) is 22.1 Å². The lowest BCUT2D eigenvalue weighted by Gasteiger charge is -2.09. The molecule has 0 heterocycles. The highest BCUT2D eigenvalue weighted by molar-refractivity contribution is 9.10. The van der Waals surface area contributed by atoms with Crippen molar-refractivity contribution >= 4 is 44.8 Å². The highest BCUT2D eigenvalue weighted by Gasteiger charge is 2.10. The van der Waals surface area contributed by atoms with Crippen molar-refractivity contribution in [1.82, 2.24) is 0 Å². The van der Waals surface area contributed by atoms with Crippen LogP contribution >= 0.6 is 27.5 Å². The van der Waals surface area contributed by atoms with Gasteiger partial charge < -0.3 is 15.8 Å². The SMILES string of the molecule is COc1cc(C(=O)Nc2ccc(Br)c(Cl)c2)ccc1N. The van der Waals surface area contributed by atoms with Gasteiger partial charge in [0.25, 0.3) is 5.91 Å². The minimum absolute atomic E-state index is 0.262. The Morgan fingerprint density at radius 2 is 2.05 bits per heavy atom. The maximum absolute atomic E-state index is 12.1. The summed E-state index contributed by atoms with van der Waals surface area (Å²) in [7, 11) is 1.50. The van der Waals surface area contributed by atoms with Crippen molar-refractivity contribution in [2.45, 2.75) is 0 Å². The fourth-order valence-electron chi connectivity index (χ4n) is 1.63. The third-order valence-electron chi connectivity index (χ3n) is 2.67. The molecule has 0 fully saturated rings. The molecule has 0 aliphatic carbocycles. The van der Waals surface area contributed by atoms with Gasteiger partial charge in [-0.15, -0.1) is 0 Å². The highest BCUT2D eigenvalue weighted by atomic mass is 79.9. The summed E-state index contributed by atoms with van der Waals surface area (Å²) in [6.45, 7) is 0. The molecule has 0 saturated heterocycles. The number of rotatable bonds is 3. The summed E-state index contributed by atoms with van der Waals surface area (Å²) in [6.07, 6.45) is 0. The number of carbonyl (C=O) groups is 1. The lowest BCUT2D eigenvalue weighted by atomic mass is 10.1. The number of nitrogens with one attached hydrogen (secondary N) is 1. The normalized spacial score (nSPS) is 10.2. The molecule has 0 atom stereocenters. The second kappa shape index (κ2) is 6.15. The molecule has 104 valence electrons. The molecule has 2 rings (SSSR count). The average molecular weight is 356 g/mol. The number of nitrogens with two attached hydrogens (primary N) is 1. The summed E-state index contributed by atoms with van der Waals surface area (Å²) in [5.41, 5.74) is 7.26. The summed E-state index contributed by atoms with van der Waals surface area (Å²) < 4.78 is 5.86. The highest BCUT2D eigenvalue weighted by Crippen LogP contribution is 2.26. The van der Waals surface area contributed by atoms with Crippen LogP contribution in [0.25, 0.3) is 0 Å². The van der Waals surface area contributed by atoms with Gasteiger partial charge in [0.15, 0.2) is 0 Å². The first-order chi connectivity index (χ1) is 9.51. The number of hydrogen-bond donors (Lipinski definition) is 2. The van der Waals surface area contributed by atoms with Crippen molar-refractivity contribution in [2.75, 3.05) is 18.2 Å². The fourth-order valence-corrected chi connectivity index (χ4v) is 2.06. The summed E-state index contributed by atoms with van der Waals surface area (Å²) in [4.78, 5) is 12.1. The maximum atomic E-state index is 12.1. The number of methoxy groups -OCH3 is 1. The molecule has 1 amide bonds. The smallest absolute Gasteiger partial charge is 0.255 e. The Balaban J connectivity index is 2.21. The van der Waals surface area contributed by atoms with Gasteiger partial charge in [0, 0.05) is 15.7 Å². The zero-order chi connectivity index (χ0) is 14.7. The van der Waals surface area contributed by atoms with Gasteiger partial charge in [-0.1, -0.05) is 11.6 Å². The average Bonchev–Trinajstić information content (AvgIpc) is 2.43. The van der Waals surface area contributed by atoms with Gasteiger partial charge in [0.05, 0.1) is 17.8 Å². The molecule has 3 N–H and O–H groups in total. The topological polar surface area (TPSA) is 64.3 Å². The quantitative estimate of drug-likeness (QED) is 0.820. The van der Waals surface area contributed by atoms with Crippen molar-refractivity contribution < 1.29 is 9.53 Å². The fraction of sp³-hybridized carbons (Fsp3) is 0.0714. The number of carbonyl (C=O) groups excluding carboxylic acids is 1. The second-order valence-corrected chi connectivity index (χ2v) is 5.30. The Kier molecular flexibility index (Phi) is 4.52. The van der Waals surface area contributed by atoms with E-state index in [0.29, 0.717) is 27.7 Å². The predicted molar refractivity (Wildman–Crippen MR) is 84.5 cm³/mol. The molecular formula is C14H12BrClN2O2. The molecule has 0 saturated carbocycles. The predicted octanol–water partition coefficient (Wildman–Crippen LogP) is 3.95. The molecule has 0 spiro atoms. The second-order valence-electron chi connectivity index (χ2n) is 4.04. The largest absolute Gasteiger partial charge is 0.495 e. The van der Waals surface area contributed by atoms with Crippen LogP contribution in [0.2, 0.25) is 5.02 Å². The Hall–Kier alpha value is -1.72. The van der Waals surface area contributed by atoms with Gasteiger partial charge in [0.2, 0.25) is 0 Å². The summed E-state index contributed by atoms with van der Waals surface area (Å²) in [6, 6.07) is 10.0. The molecule has 4 nitrogen and oxygen atoms in total. The van der Waals surface area contributed by atoms with Gasteiger partial charge in [-0.25, -0.2) is 0 Å². The standard InChI is InChI=1S/C14H12BrClN2O2/c1-20-13-6-8(2-5-12(13)17)14(19)18-9-3-4-10(15)11(16)7-9/h2-7H,17H2,1H3,(H,18,19). The Morgan fingerprint density at radius 1 is 1.30 bits per heavy atom. The van der Waals surface area contributed by atoms with Crippen LogP contribution in [-0.4, -0.2) is 13.0 Å². The van der Waals surface area contributed by atoms with Gasteiger partial charge in [-0.2, -0.15) is 0 Å². The zero-order valence-electron chi connectivity index (χ0n) is 10.6. The molecule has 0 aliphatic rings. The van der Waals surface area contributed by atoms with E-state index in [-0.39, 0.29) is 5.91 Å². The number of halogens is 2. The van der Waals surface area contributed by atoms with Gasteiger partial charge in [-0.05, 0) is 52.3 Å². The van der Waals surface area contributed by atoms with E-state index in [1.165, 1.54) is 7.11 Å². The number of ether oxygens (including phenoxy) is 1. The van der Waals surface area contributed by atoms with Crippen LogP contribution in [0.5, 0.6) is 5.75 Å². The number of nitrogen functional groups attached to an aromatic ring is 1. The molecule has 0 radical (unpaired) electrons. The Morgan fingerprint density at radius 3 is 2.70 bits per heavy atom. The van der Waals surface area contributed by atoms with Crippen LogP contribution in [0, 0.1) is 0 Å². The van der Waals surface area contributed by atoms with Crippen LogP contribution in [0.4, 0.5) is 11.4 Å². The minimum atomic E-state index is -0.262. The van der Waals surface area contributed by atoms with E-state index in [1.807, 2.05) is 0 Å². The zero-order valence-corrected chi connectivity index (χ0v) is 13.0. The molecule has 0 aromatic heterocycles. The maximum Gasteiger partial charge on any atom is 0.255 e. The number of amides is 1. The van der Waals surface area contributed by atoms with E-state index >= 15 is 0 Å². The van der Waals surface area contributed by atoms with Crippen molar-refractivity contribution in [1.29, 1.82) is 0 Å². The summed E-state index contributed by atoms with van der Waals surface area (Å²) in [5.74, 6) is 0.202. The van der Waals surface area contributed by atoms with Gasteiger partial charge in [-0.3, -0.25) is 4.79 Å². The number of anilines is 2. The third-order valence-corrected chi connectivity index (χ3v) is 3.91. The van der Waals surface area contributed by atoms with Crippen LogP contribution in [0.3, 0.4) is 0 Å². The number of benzene rings is 2. The lowest BCUT2D eigenvalue weighted by Crippen LogP contribution is -2.12. The van der Waals surface area contributed by atoms with E-state index in [1.54, 1.807) is 36.4 Å². The first-order valence-electron chi connectivity index (χ1n) is 5.71. The first-order valence-corrected chi connectivity index (χ1v) is 6.88. The van der Waals surface area contributed by atoms with Crippen molar-refractivity contribution in [2.24, 2.45) is 0 Å². The minimum Gasteiger partial charge on any atom is -0.495 e. The lowest BCUT2D eigenvalue weighted by molar-refractivity contribution is 0.102. The van der Waals surface area contributed by atoms with Crippen LogP contribution in [0.1, 0.15) is 10.4 Å². The van der Waals surface area contributed by atoms with E-state index in [0.717, 1.165) is 4.47 Å².